The Bertz CT molecular complexity index is 540. The van der Waals surface area contributed by atoms with Crippen molar-refractivity contribution in [1.29, 1.82) is 0 Å². The minimum atomic E-state index is -0.0435. The molecule has 2 aromatic heterocycles. The molecule has 18 heavy (non-hydrogen) atoms. The van der Waals surface area contributed by atoms with Crippen LogP contribution in [0.2, 0.25) is 0 Å². The van der Waals surface area contributed by atoms with Gasteiger partial charge in [0.2, 0.25) is 5.89 Å². The van der Waals surface area contributed by atoms with Crippen LogP contribution >= 0.6 is 0 Å². The summed E-state index contributed by atoms with van der Waals surface area (Å²) in [6.45, 7) is 6.05. The zero-order valence-corrected chi connectivity index (χ0v) is 10.8. The monoisotopic (exact) mass is 246 g/mol. The largest absolute Gasteiger partial charge is 0.447 e. The van der Waals surface area contributed by atoms with Crippen LogP contribution in [0.25, 0.3) is 0 Å². The van der Waals surface area contributed by atoms with Crippen molar-refractivity contribution < 1.29 is 9.21 Å². The Balaban J connectivity index is 2.04. The first-order valence-electron chi connectivity index (χ1n) is 5.81. The second-order valence-electron chi connectivity index (χ2n) is 4.57. The number of rotatable bonds is 5. The predicted octanol–water partition coefficient (Wildman–Crippen LogP) is 2.28. The second kappa shape index (κ2) is 5.16. The molecular weight excluding hydrogens is 230 g/mol. The summed E-state index contributed by atoms with van der Waals surface area (Å²) >= 11 is 0. The molecule has 0 aromatic carbocycles. The molecule has 0 bridgehead atoms. The Kier molecular flexibility index (Phi) is 3.60. The van der Waals surface area contributed by atoms with Crippen molar-refractivity contribution in [2.75, 3.05) is 0 Å². The molecule has 0 amide bonds. The first kappa shape index (κ1) is 12.5. The third-order valence-corrected chi connectivity index (χ3v) is 2.43. The lowest BCUT2D eigenvalue weighted by molar-refractivity contribution is 0.101. The molecule has 0 N–H and O–H groups in total. The van der Waals surface area contributed by atoms with Gasteiger partial charge in [0.1, 0.15) is 18.5 Å². The summed E-state index contributed by atoms with van der Waals surface area (Å²) in [5, 5.41) is 4.14. The highest BCUT2D eigenvalue weighted by Crippen LogP contribution is 2.10. The van der Waals surface area contributed by atoms with Gasteiger partial charge >= 0.3 is 0 Å². The van der Waals surface area contributed by atoms with E-state index in [1.165, 1.54) is 12.8 Å². The van der Waals surface area contributed by atoms with Gasteiger partial charge in [0.15, 0.2) is 5.78 Å². The first-order valence-corrected chi connectivity index (χ1v) is 5.81. The molecule has 0 aliphatic heterocycles. The van der Waals surface area contributed by atoms with Gasteiger partial charge in [0.05, 0.1) is 5.69 Å². The zero-order valence-electron chi connectivity index (χ0n) is 10.8. The van der Waals surface area contributed by atoms with Crippen LogP contribution in [0.3, 0.4) is 0 Å². The molecule has 0 spiro atoms. The van der Waals surface area contributed by atoms with Crippen molar-refractivity contribution in [3.63, 3.8) is 0 Å². The third-order valence-electron chi connectivity index (χ3n) is 2.43. The van der Waals surface area contributed by atoms with Crippen molar-refractivity contribution in [3.05, 3.63) is 41.7 Å². The van der Waals surface area contributed by atoms with Crippen molar-refractivity contribution in [3.8, 4) is 0 Å². The van der Waals surface area contributed by atoms with Crippen LogP contribution in [-0.4, -0.2) is 20.5 Å². The molecule has 0 fully saturated rings. The van der Waals surface area contributed by atoms with Gasteiger partial charge in [-0.2, -0.15) is 5.10 Å². The molecule has 5 heteroatoms. The fraction of sp³-hybridized carbons (Fsp3) is 0.385. The first-order chi connectivity index (χ1) is 8.54. The number of Topliss-reactive ketones (excluding diaryl/α,β-unsaturated/α-hetero) is 1. The molecule has 2 heterocycles. The summed E-state index contributed by atoms with van der Waals surface area (Å²) in [6, 6.07) is 1.69. The molecule has 2 rings (SSSR count). The lowest BCUT2D eigenvalue weighted by Gasteiger charge is -1.97. The molecule has 95 valence electrons. The van der Waals surface area contributed by atoms with E-state index >= 15 is 0 Å². The molecule has 0 aliphatic rings. The van der Waals surface area contributed by atoms with E-state index in [0.717, 1.165) is 12.1 Å². The van der Waals surface area contributed by atoms with Crippen molar-refractivity contribution in [2.24, 2.45) is 0 Å². The van der Waals surface area contributed by atoms with E-state index in [1.807, 2.05) is 0 Å². The van der Waals surface area contributed by atoms with Gasteiger partial charge in [-0.25, -0.2) is 4.98 Å². The molecule has 0 unspecified atom stereocenters. The SMILES string of the molecule is C[C](C)Cc1coc(Cn2ccc(C(C)=O)n2)n1. The average molecular weight is 246 g/mol. The van der Waals surface area contributed by atoms with E-state index in [1.54, 1.807) is 23.2 Å². The highest BCUT2D eigenvalue weighted by atomic mass is 16.3. The minimum Gasteiger partial charge on any atom is -0.447 e. The van der Waals surface area contributed by atoms with Gasteiger partial charge in [0, 0.05) is 13.1 Å². The second-order valence-corrected chi connectivity index (χ2v) is 4.57. The summed E-state index contributed by atoms with van der Waals surface area (Å²) < 4.78 is 7.02. The molecule has 0 aliphatic carbocycles. The van der Waals surface area contributed by atoms with Gasteiger partial charge in [-0.15, -0.1) is 0 Å². The standard InChI is InChI=1S/C13H16N3O2/c1-9(2)6-11-8-18-13(14-11)7-16-5-4-12(15-16)10(3)17/h4-5,8H,6-7H2,1-3H3. The molecule has 0 atom stereocenters. The van der Waals surface area contributed by atoms with E-state index in [2.05, 4.69) is 23.9 Å². The van der Waals surface area contributed by atoms with Gasteiger partial charge in [-0.05, 0) is 18.4 Å². The van der Waals surface area contributed by atoms with E-state index in [4.69, 9.17) is 4.42 Å². The Morgan fingerprint density at radius 2 is 2.17 bits per heavy atom. The Labute approximate surface area is 106 Å². The molecule has 0 saturated carbocycles. The fourth-order valence-electron chi connectivity index (χ4n) is 1.64. The number of ketones is 1. The van der Waals surface area contributed by atoms with Gasteiger partial charge in [-0.1, -0.05) is 13.8 Å². The summed E-state index contributed by atoms with van der Waals surface area (Å²) in [6.07, 6.45) is 4.23. The Hall–Kier alpha value is -1.91. The zero-order chi connectivity index (χ0) is 13.1. The van der Waals surface area contributed by atoms with Crippen molar-refractivity contribution in [2.45, 2.75) is 33.7 Å². The Morgan fingerprint density at radius 3 is 2.78 bits per heavy atom. The molecule has 0 saturated heterocycles. The maximum atomic E-state index is 11.1. The third kappa shape index (κ3) is 3.06. The van der Waals surface area contributed by atoms with Crippen molar-refractivity contribution >= 4 is 5.78 Å². The van der Waals surface area contributed by atoms with E-state index in [0.29, 0.717) is 18.1 Å². The van der Waals surface area contributed by atoms with Crippen LogP contribution in [0, 0.1) is 5.92 Å². The highest BCUT2D eigenvalue weighted by Gasteiger charge is 2.09. The fourth-order valence-corrected chi connectivity index (χ4v) is 1.64. The number of hydrogen-bond donors (Lipinski definition) is 0. The van der Waals surface area contributed by atoms with Crippen LogP contribution < -0.4 is 0 Å². The molecular formula is C13H16N3O2. The molecule has 2 aromatic rings. The maximum Gasteiger partial charge on any atom is 0.215 e. The number of carbonyl (C=O) groups excluding carboxylic acids is 1. The normalized spacial score (nSPS) is 11.1. The van der Waals surface area contributed by atoms with Gasteiger partial charge < -0.3 is 4.42 Å². The quantitative estimate of drug-likeness (QED) is 0.759. The van der Waals surface area contributed by atoms with Crippen LogP contribution in [0.15, 0.2) is 22.9 Å². The summed E-state index contributed by atoms with van der Waals surface area (Å²) in [5.41, 5.74) is 1.38. The van der Waals surface area contributed by atoms with E-state index in [-0.39, 0.29) is 5.78 Å². The minimum absolute atomic E-state index is 0.0435. The van der Waals surface area contributed by atoms with Crippen LogP contribution in [0.1, 0.15) is 42.8 Å². The Morgan fingerprint density at radius 1 is 1.39 bits per heavy atom. The van der Waals surface area contributed by atoms with Gasteiger partial charge in [-0.3, -0.25) is 9.48 Å². The number of oxazole rings is 1. The summed E-state index contributed by atoms with van der Waals surface area (Å²) in [7, 11) is 0. The number of carbonyl (C=O) groups is 1. The van der Waals surface area contributed by atoms with Crippen LogP contribution in [-0.2, 0) is 13.0 Å². The van der Waals surface area contributed by atoms with E-state index in [9.17, 15) is 4.79 Å². The summed E-state index contributed by atoms with van der Waals surface area (Å²) in [4.78, 5) is 15.5. The predicted molar refractivity (Wildman–Crippen MR) is 66.1 cm³/mol. The van der Waals surface area contributed by atoms with E-state index < -0.39 is 0 Å². The highest BCUT2D eigenvalue weighted by molar-refractivity contribution is 5.91. The average Bonchev–Trinajstić information content (AvgIpc) is 2.88. The number of aromatic nitrogens is 3. The van der Waals surface area contributed by atoms with Crippen LogP contribution in [0.5, 0.6) is 0 Å². The number of hydrogen-bond acceptors (Lipinski definition) is 4. The smallest absolute Gasteiger partial charge is 0.215 e. The lowest BCUT2D eigenvalue weighted by atomic mass is 10.1. The summed E-state index contributed by atoms with van der Waals surface area (Å²) in [5.74, 6) is 1.84. The lowest BCUT2D eigenvalue weighted by Crippen LogP contribution is -2.03. The topological polar surface area (TPSA) is 60.9 Å². The van der Waals surface area contributed by atoms with Crippen LogP contribution in [0.4, 0.5) is 0 Å². The van der Waals surface area contributed by atoms with Crippen molar-refractivity contribution in [1.82, 2.24) is 14.8 Å². The maximum absolute atomic E-state index is 11.1. The van der Waals surface area contributed by atoms with Gasteiger partial charge in [0.25, 0.3) is 0 Å². The molecule has 1 radical (unpaired) electrons. The molecule has 5 nitrogen and oxygen atoms in total. The number of nitrogens with zero attached hydrogens (tertiary/aromatic N) is 3.